The highest BCUT2D eigenvalue weighted by atomic mass is 16.7. The van der Waals surface area contributed by atoms with Gasteiger partial charge in [0, 0.05) is 6.54 Å². The zero-order chi connectivity index (χ0) is 23.8. The number of carbonyl (C=O) groups excluding carboxylic acids is 2. The van der Waals surface area contributed by atoms with Crippen LogP contribution in [-0.4, -0.2) is 25.9 Å². The molecule has 1 heterocycles. The van der Waals surface area contributed by atoms with Gasteiger partial charge in [0.15, 0.2) is 0 Å². The van der Waals surface area contributed by atoms with Gasteiger partial charge >= 0.3 is 12.2 Å². The highest BCUT2D eigenvalue weighted by Gasteiger charge is 2.35. The van der Waals surface area contributed by atoms with E-state index in [9.17, 15) is 9.59 Å². The van der Waals surface area contributed by atoms with Crippen molar-refractivity contribution in [3.8, 4) is 5.75 Å². The monoisotopic (exact) mass is 452 g/mol. The normalized spacial score (nSPS) is 15.5. The van der Waals surface area contributed by atoms with Crippen molar-refractivity contribution in [2.45, 2.75) is 33.3 Å². The number of alkyl carbamates (subject to hydrolysis) is 1. The van der Waals surface area contributed by atoms with Gasteiger partial charge in [0.1, 0.15) is 29.8 Å². The number of hydrogen-bond acceptors (Lipinski definition) is 7. The summed E-state index contributed by atoms with van der Waals surface area (Å²) in [6.45, 7) is 6.21. The molecule has 1 amide bonds. The Kier molecular flexibility index (Phi) is 7.96. The van der Waals surface area contributed by atoms with Crippen molar-refractivity contribution in [2.75, 3.05) is 13.7 Å². The van der Waals surface area contributed by atoms with Crippen molar-refractivity contribution in [2.24, 2.45) is 0 Å². The van der Waals surface area contributed by atoms with Gasteiger partial charge in [0.2, 0.25) is 0 Å². The smallest absolute Gasteiger partial charge is 0.489 e. The number of carbonyl (C=O) groups is 2. The summed E-state index contributed by atoms with van der Waals surface area (Å²) in [7, 11) is 1.23. The van der Waals surface area contributed by atoms with Crippen LogP contribution in [0.3, 0.4) is 0 Å². The molecule has 0 spiro atoms. The third-order valence-corrected chi connectivity index (χ3v) is 4.98. The topological polar surface area (TPSA) is 95.1 Å². The lowest BCUT2D eigenvalue weighted by Gasteiger charge is -2.30. The average Bonchev–Trinajstić information content (AvgIpc) is 2.82. The number of dihydropyridines is 1. The maximum atomic E-state index is 12.2. The summed E-state index contributed by atoms with van der Waals surface area (Å²) in [5.74, 6) is 0.642. The number of allylic oxidation sites excluding steroid dienone is 2. The number of nitrogens with one attached hydrogen (secondary N) is 2. The number of ether oxygens (including phenoxy) is 4. The van der Waals surface area contributed by atoms with Crippen LogP contribution < -0.4 is 15.4 Å². The Labute approximate surface area is 193 Å². The van der Waals surface area contributed by atoms with Gasteiger partial charge in [-0.25, -0.2) is 9.59 Å². The molecule has 0 bridgehead atoms. The molecule has 8 heteroatoms. The Bertz CT molecular complexity index is 1040. The van der Waals surface area contributed by atoms with E-state index in [1.54, 1.807) is 20.8 Å². The molecule has 0 aromatic heterocycles. The Balaban J connectivity index is 1.89. The van der Waals surface area contributed by atoms with Gasteiger partial charge in [0.25, 0.3) is 0 Å². The van der Waals surface area contributed by atoms with Gasteiger partial charge in [-0.3, -0.25) is 0 Å². The minimum Gasteiger partial charge on any atom is -0.489 e. The summed E-state index contributed by atoms with van der Waals surface area (Å²) in [5, 5.41) is 5.72. The van der Waals surface area contributed by atoms with Crippen molar-refractivity contribution in [1.29, 1.82) is 0 Å². The second-order valence-corrected chi connectivity index (χ2v) is 7.36. The molecule has 0 fully saturated rings. The predicted octanol–water partition coefficient (Wildman–Crippen LogP) is 4.94. The SMILES string of the molecule is CCNC(=O)OC1=C(C)NC(C)=C(OC(=O)OC)C1c1ccc(OCc2ccccc2)cc1. The Hall–Kier alpha value is -3.94. The number of benzene rings is 2. The van der Waals surface area contributed by atoms with E-state index in [1.165, 1.54) is 7.11 Å². The molecule has 174 valence electrons. The minimum atomic E-state index is -0.865. The first kappa shape index (κ1) is 23.7. The van der Waals surface area contributed by atoms with E-state index in [4.69, 9.17) is 14.2 Å². The molecule has 33 heavy (non-hydrogen) atoms. The largest absolute Gasteiger partial charge is 0.513 e. The zero-order valence-corrected chi connectivity index (χ0v) is 19.1. The maximum absolute atomic E-state index is 12.2. The van der Waals surface area contributed by atoms with E-state index >= 15 is 0 Å². The molecule has 2 aromatic rings. The molecule has 0 aliphatic carbocycles. The molecule has 1 unspecified atom stereocenters. The molecule has 0 radical (unpaired) electrons. The molecule has 1 atom stereocenters. The lowest BCUT2D eigenvalue weighted by Crippen LogP contribution is -2.31. The Morgan fingerprint density at radius 3 is 2.18 bits per heavy atom. The molecule has 2 N–H and O–H groups in total. The zero-order valence-electron chi connectivity index (χ0n) is 19.1. The molecule has 0 saturated carbocycles. The van der Waals surface area contributed by atoms with Crippen molar-refractivity contribution in [3.63, 3.8) is 0 Å². The maximum Gasteiger partial charge on any atom is 0.513 e. The molecule has 8 nitrogen and oxygen atoms in total. The molecule has 1 aliphatic rings. The van der Waals surface area contributed by atoms with Crippen LogP contribution in [0.5, 0.6) is 5.75 Å². The number of amides is 1. The Morgan fingerprint density at radius 2 is 1.58 bits per heavy atom. The van der Waals surface area contributed by atoms with E-state index in [0.29, 0.717) is 36.1 Å². The van der Waals surface area contributed by atoms with E-state index < -0.39 is 18.2 Å². The van der Waals surface area contributed by atoms with E-state index in [1.807, 2.05) is 54.6 Å². The minimum absolute atomic E-state index is 0.282. The first-order valence-corrected chi connectivity index (χ1v) is 10.6. The Morgan fingerprint density at radius 1 is 0.939 bits per heavy atom. The third kappa shape index (κ3) is 6.06. The van der Waals surface area contributed by atoms with Gasteiger partial charge in [-0.05, 0) is 44.0 Å². The first-order chi connectivity index (χ1) is 15.9. The predicted molar refractivity (Wildman–Crippen MR) is 122 cm³/mol. The van der Waals surface area contributed by atoms with Crippen LogP contribution in [0, 0.1) is 0 Å². The quantitative estimate of drug-likeness (QED) is 0.574. The van der Waals surface area contributed by atoms with E-state index in [0.717, 1.165) is 11.1 Å². The molecular formula is C25H28N2O6. The van der Waals surface area contributed by atoms with Gasteiger partial charge in [-0.2, -0.15) is 0 Å². The summed E-state index contributed by atoms with van der Waals surface area (Å²) >= 11 is 0. The fourth-order valence-electron chi connectivity index (χ4n) is 3.44. The van der Waals surface area contributed by atoms with Crippen LogP contribution in [0.15, 0.2) is 77.5 Å². The van der Waals surface area contributed by atoms with Gasteiger partial charge < -0.3 is 29.6 Å². The van der Waals surface area contributed by atoms with Crippen LogP contribution in [0.2, 0.25) is 0 Å². The summed E-state index contributed by atoms with van der Waals surface area (Å²) in [5.41, 5.74) is 3.05. The summed E-state index contributed by atoms with van der Waals surface area (Å²) in [4.78, 5) is 24.1. The highest BCUT2D eigenvalue weighted by molar-refractivity contribution is 5.69. The molecule has 1 aliphatic heterocycles. The number of hydrogen-bond donors (Lipinski definition) is 2. The van der Waals surface area contributed by atoms with Crippen LogP contribution in [0.4, 0.5) is 9.59 Å². The summed E-state index contributed by atoms with van der Waals surface area (Å²) in [6, 6.07) is 17.2. The fourth-order valence-corrected chi connectivity index (χ4v) is 3.44. The standard InChI is InChI=1S/C25H28N2O6/c1-5-26-24(28)32-22-16(2)27-17(3)23(33-25(29)30-4)21(22)19-11-13-20(14-12-19)31-15-18-9-7-6-8-10-18/h6-14,21,27H,5,15H2,1-4H3,(H,26,28). The second-order valence-electron chi connectivity index (χ2n) is 7.36. The number of methoxy groups -OCH3 is 1. The summed E-state index contributed by atoms with van der Waals surface area (Å²) < 4.78 is 21.6. The van der Waals surface area contributed by atoms with Crippen molar-refractivity contribution in [3.05, 3.63) is 88.6 Å². The van der Waals surface area contributed by atoms with Gasteiger partial charge in [0.05, 0.1) is 18.5 Å². The van der Waals surface area contributed by atoms with E-state index in [2.05, 4.69) is 15.4 Å². The molecular weight excluding hydrogens is 424 g/mol. The lowest BCUT2D eigenvalue weighted by molar-refractivity contribution is 0.0889. The third-order valence-electron chi connectivity index (χ3n) is 4.98. The van der Waals surface area contributed by atoms with Crippen LogP contribution in [-0.2, 0) is 20.8 Å². The average molecular weight is 453 g/mol. The van der Waals surface area contributed by atoms with Gasteiger partial charge in [-0.15, -0.1) is 0 Å². The molecule has 0 saturated heterocycles. The highest BCUT2D eigenvalue weighted by Crippen LogP contribution is 2.39. The van der Waals surface area contributed by atoms with Crippen molar-refractivity contribution in [1.82, 2.24) is 10.6 Å². The fraction of sp³-hybridized carbons (Fsp3) is 0.280. The molecule has 3 rings (SSSR count). The van der Waals surface area contributed by atoms with E-state index in [-0.39, 0.29) is 5.76 Å². The van der Waals surface area contributed by atoms with Crippen molar-refractivity contribution < 1.29 is 28.5 Å². The summed E-state index contributed by atoms with van der Waals surface area (Å²) in [6.07, 6.45) is -1.46. The number of rotatable bonds is 7. The molecule has 2 aromatic carbocycles. The second kappa shape index (κ2) is 11.1. The van der Waals surface area contributed by atoms with Crippen molar-refractivity contribution >= 4 is 12.2 Å². The van der Waals surface area contributed by atoms with Gasteiger partial charge in [-0.1, -0.05) is 42.5 Å². The van der Waals surface area contributed by atoms with Crippen LogP contribution in [0.1, 0.15) is 37.8 Å². The van der Waals surface area contributed by atoms with Crippen LogP contribution in [0.25, 0.3) is 0 Å². The first-order valence-electron chi connectivity index (χ1n) is 10.6. The lowest BCUT2D eigenvalue weighted by atomic mass is 9.90. The van der Waals surface area contributed by atoms with Crippen LogP contribution >= 0.6 is 0 Å².